The van der Waals surface area contributed by atoms with E-state index in [4.69, 9.17) is 10.5 Å². The Hall–Kier alpha value is -0.860. The maximum atomic E-state index is 6.39. The molecule has 0 spiro atoms. The Morgan fingerprint density at radius 3 is 2.72 bits per heavy atom. The maximum absolute atomic E-state index is 6.39. The summed E-state index contributed by atoms with van der Waals surface area (Å²) in [5.41, 5.74) is 9.11. The SMILES string of the molecule is CC1CCOC1C(N)c1cccc(C2CCC2)c1. The van der Waals surface area contributed by atoms with Crippen molar-refractivity contribution in [3.05, 3.63) is 35.4 Å². The molecular formula is C16H23NO. The first kappa shape index (κ1) is 12.2. The van der Waals surface area contributed by atoms with Crippen LogP contribution < -0.4 is 5.73 Å². The number of benzene rings is 1. The molecule has 3 atom stereocenters. The molecule has 18 heavy (non-hydrogen) atoms. The van der Waals surface area contributed by atoms with Gasteiger partial charge in [0.2, 0.25) is 0 Å². The van der Waals surface area contributed by atoms with Crippen LogP contribution in [0.4, 0.5) is 0 Å². The van der Waals surface area contributed by atoms with Crippen molar-refractivity contribution in [1.29, 1.82) is 0 Å². The second-order valence-corrected chi connectivity index (χ2v) is 5.93. The normalized spacial score (nSPS) is 30.1. The average Bonchev–Trinajstić information content (AvgIpc) is 2.73. The molecule has 2 N–H and O–H groups in total. The molecule has 98 valence electrons. The summed E-state index contributed by atoms with van der Waals surface area (Å²) in [4.78, 5) is 0. The van der Waals surface area contributed by atoms with Crippen LogP contribution in [-0.4, -0.2) is 12.7 Å². The Bertz CT molecular complexity index is 413. The molecule has 1 aromatic carbocycles. The van der Waals surface area contributed by atoms with E-state index in [1.54, 1.807) is 0 Å². The van der Waals surface area contributed by atoms with Gasteiger partial charge in [0.05, 0.1) is 12.1 Å². The fraction of sp³-hybridized carbons (Fsp3) is 0.625. The molecule has 2 heteroatoms. The van der Waals surface area contributed by atoms with Crippen LogP contribution in [-0.2, 0) is 4.74 Å². The molecule has 0 amide bonds. The predicted octanol–water partition coefficient (Wildman–Crippen LogP) is 3.38. The Morgan fingerprint density at radius 1 is 1.28 bits per heavy atom. The molecule has 0 radical (unpaired) electrons. The standard InChI is InChI=1S/C16H23NO/c1-11-8-9-18-16(11)15(17)14-7-3-6-13(10-14)12-4-2-5-12/h3,6-7,10-12,15-16H,2,4-5,8-9,17H2,1H3. The van der Waals surface area contributed by atoms with Crippen LogP contribution in [0.5, 0.6) is 0 Å². The van der Waals surface area contributed by atoms with E-state index in [0.29, 0.717) is 5.92 Å². The summed E-state index contributed by atoms with van der Waals surface area (Å²) in [7, 11) is 0. The second-order valence-electron chi connectivity index (χ2n) is 5.93. The van der Waals surface area contributed by atoms with E-state index in [1.807, 2.05) is 0 Å². The highest BCUT2D eigenvalue weighted by atomic mass is 16.5. The molecule has 2 fully saturated rings. The van der Waals surface area contributed by atoms with Crippen molar-refractivity contribution in [2.75, 3.05) is 6.61 Å². The molecular weight excluding hydrogens is 222 g/mol. The van der Waals surface area contributed by atoms with E-state index >= 15 is 0 Å². The first-order valence-electron chi connectivity index (χ1n) is 7.23. The topological polar surface area (TPSA) is 35.2 Å². The van der Waals surface area contributed by atoms with Gasteiger partial charge in [-0.2, -0.15) is 0 Å². The summed E-state index contributed by atoms with van der Waals surface area (Å²) in [6.07, 6.45) is 5.40. The second kappa shape index (κ2) is 5.02. The van der Waals surface area contributed by atoms with Crippen molar-refractivity contribution >= 4 is 0 Å². The summed E-state index contributed by atoms with van der Waals surface area (Å²) >= 11 is 0. The number of hydrogen-bond acceptors (Lipinski definition) is 2. The number of rotatable bonds is 3. The van der Waals surface area contributed by atoms with Crippen LogP contribution in [0.15, 0.2) is 24.3 Å². The monoisotopic (exact) mass is 245 g/mol. The lowest BCUT2D eigenvalue weighted by Crippen LogP contribution is -2.30. The molecule has 3 rings (SSSR count). The Balaban J connectivity index is 1.78. The van der Waals surface area contributed by atoms with Gasteiger partial charge in [0.15, 0.2) is 0 Å². The summed E-state index contributed by atoms with van der Waals surface area (Å²) in [6.45, 7) is 3.11. The van der Waals surface area contributed by atoms with Crippen LogP contribution in [0, 0.1) is 5.92 Å². The summed E-state index contributed by atoms with van der Waals surface area (Å²) in [6, 6.07) is 8.90. The third kappa shape index (κ3) is 2.19. The molecule has 1 saturated carbocycles. The first-order chi connectivity index (χ1) is 8.75. The van der Waals surface area contributed by atoms with Gasteiger partial charge in [-0.3, -0.25) is 0 Å². The number of nitrogens with two attached hydrogens (primary N) is 1. The number of hydrogen-bond donors (Lipinski definition) is 1. The molecule has 1 saturated heterocycles. The van der Waals surface area contributed by atoms with Gasteiger partial charge >= 0.3 is 0 Å². The minimum atomic E-state index is 0.0301. The van der Waals surface area contributed by atoms with Crippen LogP contribution in [0.3, 0.4) is 0 Å². The quantitative estimate of drug-likeness (QED) is 0.886. The smallest absolute Gasteiger partial charge is 0.0793 e. The lowest BCUT2D eigenvalue weighted by Gasteiger charge is -2.28. The summed E-state index contributed by atoms with van der Waals surface area (Å²) < 4.78 is 5.80. The summed E-state index contributed by atoms with van der Waals surface area (Å²) in [5.74, 6) is 1.35. The van der Waals surface area contributed by atoms with Crippen LogP contribution >= 0.6 is 0 Å². The van der Waals surface area contributed by atoms with E-state index in [1.165, 1.54) is 30.4 Å². The largest absolute Gasteiger partial charge is 0.376 e. The van der Waals surface area contributed by atoms with E-state index < -0.39 is 0 Å². The molecule has 2 nitrogen and oxygen atoms in total. The predicted molar refractivity (Wildman–Crippen MR) is 73.5 cm³/mol. The first-order valence-corrected chi connectivity index (χ1v) is 7.23. The summed E-state index contributed by atoms with van der Waals surface area (Å²) in [5, 5.41) is 0. The van der Waals surface area contributed by atoms with Gasteiger partial charge in [0, 0.05) is 6.61 Å². The van der Waals surface area contributed by atoms with Crippen molar-refractivity contribution < 1.29 is 4.74 Å². The Kier molecular flexibility index (Phi) is 3.40. The zero-order valence-corrected chi connectivity index (χ0v) is 11.1. The van der Waals surface area contributed by atoms with Gasteiger partial charge in [-0.15, -0.1) is 0 Å². The lowest BCUT2D eigenvalue weighted by atomic mass is 9.79. The third-order valence-electron chi connectivity index (χ3n) is 4.67. The molecule has 0 bridgehead atoms. The van der Waals surface area contributed by atoms with Gasteiger partial charge in [0.1, 0.15) is 0 Å². The highest BCUT2D eigenvalue weighted by Crippen LogP contribution is 2.38. The highest BCUT2D eigenvalue weighted by Gasteiger charge is 2.31. The molecule has 1 heterocycles. The van der Waals surface area contributed by atoms with Gasteiger partial charge in [0.25, 0.3) is 0 Å². The van der Waals surface area contributed by atoms with Crippen LogP contribution in [0.1, 0.15) is 55.7 Å². The molecule has 1 aliphatic heterocycles. The van der Waals surface area contributed by atoms with E-state index in [-0.39, 0.29) is 12.1 Å². The molecule has 2 aliphatic rings. The average molecular weight is 245 g/mol. The third-order valence-corrected chi connectivity index (χ3v) is 4.67. The number of ether oxygens (including phenoxy) is 1. The van der Waals surface area contributed by atoms with Gasteiger partial charge < -0.3 is 10.5 Å². The minimum absolute atomic E-state index is 0.0301. The Labute approximate surface area is 110 Å². The van der Waals surface area contributed by atoms with E-state index in [2.05, 4.69) is 31.2 Å². The van der Waals surface area contributed by atoms with Crippen LogP contribution in [0.2, 0.25) is 0 Å². The van der Waals surface area contributed by atoms with Gasteiger partial charge in [-0.25, -0.2) is 0 Å². The maximum Gasteiger partial charge on any atom is 0.0793 e. The van der Waals surface area contributed by atoms with Crippen molar-refractivity contribution in [2.45, 2.75) is 50.7 Å². The fourth-order valence-electron chi connectivity index (χ4n) is 3.13. The Morgan fingerprint density at radius 2 is 2.11 bits per heavy atom. The van der Waals surface area contributed by atoms with Gasteiger partial charge in [-0.1, -0.05) is 37.6 Å². The zero-order valence-electron chi connectivity index (χ0n) is 11.1. The van der Waals surface area contributed by atoms with Crippen LogP contribution in [0.25, 0.3) is 0 Å². The highest BCUT2D eigenvalue weighted by molar-refractivity contribution is 5.30. The van der Waals surface area contributed by atoms with Crippen molar-refractivity contribution in [1.82, 2.24) is 0 Å². The van der Waals surface area contributed by atoms with Crippen molar-refractivity contribution in [2.24, 2.45) is 11.7 Å². The van der Waals surface area contributed by atoms with Crippen molar-refractivity contribution in [3.63, 3.8) is 0 Å². The fourth-order valence-corrected chi connectivity index (χ4v) is 3.13. The van der Waals surface area contributed by atoms with E-state index in [0.717, 1.165) is 18.9 Å². The van der Waals surface area contributed by atoms with Crippen molar-refractivity contribution in [3.8, 4) is 0 Å². The van der Waals surface area contributed by atoms with Gasteiger partial charge in [-0.05, 0) is 42.2 Å². The molecule has 0 aromatic heterocycles. The minimum Gasteiger partial charge on any atom is -0.376 e. The van der Waals surface area contributed by atoms with E-state index in [9.17, 15) is 0 Å². The lowest BCUT2D eigenvalue weighted by molar-refractivity contribution is 0.0724. The molecule has 1 aliphatic carbocycles. The molecule has 3 unspecified atom stereocenters. The molecule has 1 aromatic rings. The zero-order chi connectivity index (χ0) is 12.5.